The van der Waals surface area contributed by atoms with Crippen molar-refractivity contribution in [2.24, 2.45) is 0 Å². The molecule has 1 N–H and O–H groups in total. The fourth-order valence-electron chi connectivity index (χ4n) is 2.46. The first-order chi connectivity index (χ1) is 12.5. The Hall–Kier alpha value is -2.80. The lowest BCUT2D eigenvalue weighted by molar-refractivity contribution is -0.139. The van der Waals surface area contributed by atoms with Gasteiger partial charge in [0.2, 0.25) is 5.82 Å². The molecule has 0 saturated carbocycles. The summed E-state index contributed by atoms with van der Waals surface area (Å²) in [6.45, 7) is 2.82. The highest BCUT2D eigenvalue weighted by molar-refractivity contribution is 7.92. The van der Waals surface area contributed by atoms with Gasteiger partial charge >= 0.3 is 6.18 Å². The van der Waals surface area contributed by atoms with Crippen molar-refractivity contribution >= 4 is 15.5 Å². The number of alkyl halides is 3. The van der Waals surface area contributed by atoms with Gasteiger partial charge < -0.3 is 5.41 Å². The van der Waals surface area contributed by atoms with Crippen molar-refractivity contribution in [2.75, 3.05) is 0 Å². The minimum Gasteiger partial charge on any atom is -0.303 e. The minimum atomic E-state index is -4.82. The zero-order chi connectivity index (χ0) is 20.4. The predicted molar refractivity (Wildman–Crippen MR) is 91.0 cm³/mol. The van der Waals surface area contributed by atoms with Crippen LogP contribution in [0.1, 0.15) is 36.0 Å². The summed E-state index contributed by atoms with van der Waals surface area (Å²) in [6.07, 6.45) is -3.85. The molecule has 0 spiro atoms. The number of halogens is 3. The number of sulfone groups is 1. The lowest BCUT2D eigenvalue weighted by Gasteiger charge is -2.18. The number of hydrogen-bond acceptors (Lipinski definition) is 6. The molecule has 0 unspecified atom stereocenters. The maximum absolute atomic E-state index is 13.2. The van der Waals surface area contributed by atoms with Crippen LogP contribution in [-0.4, -0.2) is 29.3 Å². The normalized spacial score (nSPS) is 13.0. The summed E-state index contributed by atoms with van der Waals surface area (Å²) < 4.78 is 64.8. The molecule has 2 rings (SSSR count). The van der Waals surface area contributed by atoms with Crippen LogP contribution in [0.3, 0.4) is 0 Å². The van der Waals surface area contributed by atoms with Gasteiger partial charge in [-0.05, 0) is 31.5 Å². The SMILES string of the molecule is Cc1cnc(C#N)nc1C(=N)C[C@H](C)S(=O)(=O)c1ccccc1C(F)(F)F. The van der Waals surface area contributed by atoms with E-state index in [0.717, 1.165) is 12.1 Å². The maximum Gasteiger partial charge on any atom is 0.417 e. The lowest BCUT2D eigenvalue weighted by Crippen LogP contribution is -2.25. The van der Waals surface area contributed by atoms with Crippen LogP contribution in [0.15, 0.2) is 35.4 Å². The third kappa shape index (κ3) is 4.31. The van der Waals surface area contributed by atoms with Crippen LogP contribution < -0.4 is 0 Å². The third-order valence-corrected chi connectivity index (χ3v) is 6.07. The van der Waals surface area contributed by atoms with Crippen LogP contribution in [0, 0.1) is 23.7 Å². The first-order valence-corrected chi connectivity index (χ1v) is 9.24. The van der Waals surface area contributed by atoms with E-state index in [0.29, 0.717) is 11.6 Å². The molecule has 2 aromatic rings. The molecule has 1 heterocycles. The van der Waals surface area contributed by atoms with E-state index in [2.05, 4.69) is 9.97 Å². The number of hydrogen-bond donors (Lipinski definition) is 1. The van der Waals surface area contributed by atoms with Crippen LogP contribution >= 0.6 is 0 Å². The standard InChI is InChI=1S/C17H15F3N4O2S/c1-10-9-23-15(8-21)24-16(10)13(22)7-11(2)27(25,26)14-6-4-3-5-12(14)17(18,19)20/h3-6,9,11,22H,7H2,1-2H3/t11-/m0/s1. The fraction of sp³-hybridized carbons (Fsp3) is 0.294. The van der Waals surface area contributed by atoms with Crippen molar-refractivity contribution in [1.29, 1.82) is 10.7 Å². The summed E-state index contributed by atoms with van der Waals surface area (Å²) in [5.41, 5.74) is -0.896. The smallest absolute Gasteiger partial charge is 0.303 e. The van der Waals surface area contributed by atoms with Crippen molar-refractivity contribution in [3.05, 3.63) is 53.1 Å². The zero-order valence-corrected chi connectivity index (χ0v) is 15.2. The zero-order valence-electron chi connectivity index (χ0n) is 14.4. The number of aryl methyl sites for hydroxylation is 1. The van der Waals surface area contributed by atoms with E-state index in [1.807, 2.05) is 0 Å². The van der Waals surface area contributed by atoms with Gasteiger partial charge in [-0.15, -0.1) is 0 Å². The molecule has 0 saturated heterocycles. The summed E-state index contributed by atoms with van der Waals surface area (Å²) in [5, 5.41) is 15.7. The van der Waals surface area contributed by atoms with E-state index in [4.69, 9.17) is 10.7 Å². The molecule has 0 aliphatic rings. The first kappa shape index (κ1) is 20.5. The molecule has 27 heavy (non-hydrogen) atoms. The Morgan fingerprint density at radius 2 is 1.96 bits per heavy atom. The summed E-state index contributed by atoms with van der Waals surface area (Å²) in [6, 6.07) is 5.66. The minimum absolute atomic E-state index is 0.0905. The maximum atomic E-state index is 13.2. The quantitative estimate of drug-likeness (QED) is 0.780. The Labute approximate surface area is 154 Å². The van der Waals surface area contributed by atoms with Gasteiger partial charge in [-0.25, -0.2) is 18.4 Å². The van der Waals surface area contributed by atoms with E-state index in [9.17, 15) is 21.6 Å². The Morgan fingerprint density at radius 1 is 1.33 bits per heavy atom. The average Bonchev–Trinajstić information content (AvgIpc) is 2.61. The summed E-state index contributed by atoms with van der Waals surface area (Å²) in [7, 11) is -4.35. The highest BCUT2D eigenvalue weighted by atomic mass is 32.2. The van der Waals surface area contributed by atoms with Crippen molar-refractivity contribution in [3.8, 4) is 6.07 Å². The second kappa shape index (κ2) is 7.44. The van der Waals surface area contributed by atoms with Gasteiger partial charge in [-0.3, -0.25) is 0 Å². The number of nitriles is 1. The van der Waals surface area contributed by atoms with E-state index in [1.54, 1.807) is 13.0 Å². The number of aromatic nitrogens is 2. The molecule has 1 aromatic carbocycles. The summed E-state index contributed by atoms with van der Waals surface area (Å²) in [4.78, 5) is 6.80. The van der Waals surface area contributed by atoms with Crippen molar-refractivity contribution in [1.82, 2.24) is 9.97 Å². The molecule has 0 radical (unpaired) electrons. The van der Waals surface area contributed by atoms with Gasteiger partial charge in [0.15, 0.2) is 9.84 Å². The monoisotopic (exact) mass is 396 g/mol. The van der Waals surface area contributed by atoms with Crippen LogP contribution in [-0.2, 0) is 16.0 Å². The van der Waals surface area contributed by atoms with Gasteiger partial charge in [0.05, 0.1) is 27.1 Å². The van der Waals surface area contributed by atoms with Crippen molar-refractivity contribution in [2.45, 2.75) is 36.6 Å². The largest absolute Gasteiger partial charge is 0.417 e. The van der Waals surface area contributed by atoms with Gasteiger partial charge in [0.25, 0.3) is 0 Å². The molecule has 10 heteroatoms. The van der Waals surface area contributed by atoms with Crippen LogP contribution in [0.5, 0.6) is 0 Å². The molecular formula is C17H15F3N4O2S. The van der Waals surface area contributed by atoms with Gasteiger partial charge in [0, 0.05) is 12.6 Å². The molecule has 0 aliphatic carbocycles. The highest BCUT2D eigenvalue weighted by Gasteiger charge is 2.38. The molecule has 142 valence electrons. The van der Waals surface area contributed by atoms with Crippen LogP contribution in [0.25, 0.3) is 0 Å². The van der Waals surface area contributed by atoms with E-state index < -0.39 is 31.7 Å². The Bertz CT molecular complexity index is 1030. The Morgan fingerprint density at radius 3 is 2.56 bits per heavy atom. The van der Waals surface area contributed by atoms with Crippen molar-refractivity contribution in [3.63, 3.8) is 0 Å². The number of nitrogens with one attached hydrogen (secondary N) is 1. The molecule has 1 atom stereocenters. The lowest BCUT2D eigenvalue weighted by atomic mass is 10.1. The molecule has 0 aliphatic heterocycles. The van der Waals surface area contributed by atoms with Crippen molar-refractivity contribution < 1.29 is 21.6 Å². The molecule has 0 amide bonds. The molecule has 0 bridgehead atoms. The second-order valence-electron chi connectivity index (χ2n) is 5.87. The summed E-state index contributed by atoms with van der Waals surface area (Å²) >= 11 is 0. The predicted octanol–water partition coefficient (Wildman–Crippen LogP) is 3.30. The van der Waals surface area contributed by atoms with Crippen LogP contribution in [0.2, 0.25) is 0 Å². The Kier molecular flexibility index (Phi) is 5.65. The van der Waals surface area contributed by atoms with Gasteiger partial charge in [-0.2, -0.15) is 18.4 Å². The Balaban J connectivity index is 2.37. The fourth-order valence-corrected chi connectivity index (χ4v) is 4.04. The molecular weight excluding hydrogens is 381 g/mol. The number of nitrogens with zero attached hydrogens (tertiary/aromatic N) is 3. The third-order valence-electron chi connectivity index (χ3n) is 3.88. The first-order valence-electron chi connectivity index (χ1n) is 7.70. The molecule has 0 fully saturated rings. The average molecular weight is 396 g/mol. The van der Waals surface area contributed by atoms with Gasteiger partial charge in [0.1, 0.15) is 6.07 Å². The van der Waals surface area contributed by atoms with E-state index in [1.165, 1.54) is 19.2 Å². The van der Waals surface area contributed by atoms with Crippen LogP contribution in [0.4, 0.5) is 13.2 Å². The van der Waals surface area contributed by atoms with E-state index in [-0.39, 0.29) is 23.7 Å². The highest BCUT2D eigenvalue weighted by Crippen LogP contribution is 2.35. The number of rotatable bonds is 5. The molecule has 1 aromatic heterocycles. The topological polar surface area (TPSA) is 108 Å². The second-order valence-corrected chi connectivity index (χ2v) is 8.20. The summed E-state index contributed by atoms with van der Waals surface area (Å²) in [5.74, 6) is -0.182. The number of benzene rings is 1. The van der Waals surface area contributed by atoms with E-state index >= 15 is 0 Å². The molecule has 6 nitrogen and oxygen atoms in total. The van der Waals surface area contributed by atoms with Gasteiger partial charge in [-0.1, -0.05) is 12.1 Å².